The molecule has 0 aliphatic carbocycles. The number of hydrogen-bond acceptors (Lipinski definition) is 4. The second kappa shape index (κ2) is 5.65. The number of nitrogens with zero attached hydrogens (tertiary/aromatic N) is 2. The summed E-state index contributed by atoms with van der Waals surface area (Å²) >= 11 is 8.70. The Balaban J connectivity index is 2.75. The molecule has 1 aromatic heterocycles. The van der Waals surface area contributed by atoms with Gasteiger partial charge in [0.05, 0.1) is 15.0 Å². The van der Waals surface area contributed by atoms with Crippen LogP contribution in [0.1, 0.15) is 26.5 Å². The van der Waals surface area contributed by atoms with Crippen LogP contribution in [0.25, 0.3) is 11.4 Å². The minimum atomic E-state index is -0.424. The van der Waals surface area contributed by atoms with Crippen LogP contribution < -0.4 is 0 Å². The predicted octanol–water partition coefficient (Wildman–Crippen LogP) is 4.77. The molecule has 0 amide bonds. The molecule has 0 saturated carbocycles. The molecule has 7 heteroatoms. The Morgan fingerprint density at radius 3 is 2.52 bits per heavy atom. The Labute approximate surface area is 135 Å². The molecule has 21 heavy (non-hydrogen) atoms. The molecule has 2 aromatic rings. The number of hydrogen-bond donors (Lipinski definition) is 1. The summed E-state index contributed by atoms with van der Waals surface area (Å²) in [7, 11) is 0. The first-order valence-corrected chi connectivity index (χ1v) is 7.46. The van der Waals surface area contributed by atoms with Crippen molar-refractivity contribution >= 4 is 33.8 Å². The summed E-state index contributed by atoms with van der Waals surface area (Å²) in [6.45, 7) is 6.09. The highest BCUT2D eigenvalue weighted by atomic mass is 79.9. The standard InChI is InChI=1S/C14H14BrN3O2S/c1-14(2,3)11-10(15)13(21)17-12(16-11)8-6-4-5-7-9(8)18(19)20/h4-7H,1-3H3,(H,16,17,21). The molecule has 1 heterocycles. The van der Waals surface area contributed by atoms with Crippen molar-refractivity contribution in [2.75, 3.05) is 0 Å². The van der Waals surface area contributed by atoms with E-state index >= 15 is 0 Å². The zero-order chi connectivity index (χ0) is 15.8. The fourth-order valence-electron chi connectivity index (χ4n) is 1.94. The molecule has 0 spiro atoms. The maximum atomic E-state index is 11.2. The lowest BCUT2D eigenvalue weighted by Crippen LogP contribution is -2.16. The first kappa shape index (κ1) is 15.8. The van der Waals surface area contributed by atoms with Crippen LogP contribution in [-0.4, -0.2) is 14.9 Å². The van der Waals surface area contributed by atoms with Crippen LogP contribution in [0, 0.1) is 14.8 Å². The van der Waals surface area contributed by atoms with Gasteiger partial charge in [0, 0.05) is 17.2 Å². The molecular weight excluding hydrogens is 354 g/mol. The molecule has 0 unspecified atom stereocenters. The van der Waals surface area contributed by atoms with Gasteiger partial charge in [-0.1, -0.05) is 45.1 Å². The third-order valence-corrected chi connectivity index (χ3v) is 4.30. The van der Waals surface area contributed by atoms with Gasteiger partial charge in [0.25, 0.3) is 5.69 Å². The minimum absolute atomic E-state index is 0.00201. The van der Waals surface area contributed by atoms with Crippen LogP contribution in [-0.2, 0) is 5.41 Å². The number of aromatic amines is 1. The summed E-state index contributed by atoms with van der Waals surface area (Å²) in [5.74, 6) is 0.403. The Kier molecular flexibility index (Phi) is 4.25. The molecular formula is C14H14BrN3O2S. The lowest BCUT2D eigenvalue weighted by Gasteiger charge is -2.21. The number of aromatic nitrogens is 2. The van der Waals surface area contributed by atoms with Crippen molar-refractivity contribution in [1.29, 1.82) is 0 Å². The maximum absolute atomic E-state index is 11.2. The molecule has 0 radical (unpaired) electrons. The average molecular weight is 368 g/mol. The van der Waals surface area contributed by atoms with E-state index in [0.29, 0.717) is 20.5 Å². The minimum Gasteiger partial charge on any atom is -0.341 e. The number of rotatable bonds is 2. The summed E-state index contributed by atoms with van der Waals surface area (Å²) in [6, 6.07) is 6.47. The molecule has 1 aromatic carbocycles. The molecule has 2 rings (SSSR count). The van der Waals surface area contributed by atoms with Gasteiger partial charge in [-0.05, 0) is 22.0 Å². The maximum Gasteiger partial charge on any atom is 0.280 e. The monoisotopic (exact) mass is 367 g/mol. The number of para-hydroxylation sites is 1. The first-order valence-electron chi connectivity index (χ1n) is 6.26. The number of benzene rings is 1. The van der Waals surface area contributed by atoms with Crippen molar-refractivity contribution in [1.82, 2.24) is 9.97 Å². The van der Waals surface area contributed by atoms with Crippen molar-refractivity contribution in [2.24, 2.45) is 0 Å². The van der Waals surface area contributed by atoms with Crippen LogP contribution in [0.2, 0.25) is 0 Å². The van der Waals surface area contributed by atoms with E-state index in [1.165, 1.54) is 6.07 Å². The van der Waals surface area contributed by atoms with Gasteiger partial charge >= 0.3 is 0 Å². The SMILES string of the molecule is CC(C)(C)c1[nH]c(-c2ccccc2[N+](=O)[O-])nc(=S)c1Br. The van der Waals surface area contributed by atoms with Gasteiger partial charge in [-0.3, -0.25) is 10.1 Å². The number of H-pyrrole nitrogens is 1. The molecule has 5 nitrogen and oxygen atoms in total. The van der Waals surface area contributed by atoms with Crippen LogP contribution in [0.15, 0.2) is 28.7 Å². The molecule has 0 aliphatic heterocycles. The van der Waals surface area contributed by atoms with Crippen molar-refractivity contribution in [3.63, 3.8) is 0 Å². The smallest absolute Gasteiger partial charge is 0.280 e. The van der Waals surface area contributed by atoms with Gasteiger partial charge in [0.1, 0.15) is 10.5 Å². The van der Waals surface area contributed by atoms with E-state index < -0.39 is 4.92 Å². The van der Waals surface area contributed by atoms with Crippen molar-refractivity contribution in [3.8, 4) is 11.4 Å². The third-order valence-electron chi connectivity index (χ3n) is 2.97. The molecule has 0 atom stereocenters. The predicted molar refractivity (Wildman–Crippen MR) is 87.9 cm³/mol. The van der Waals surface area contributed by atoms with Gasteiger partial charge in [-0.15, -0.1) is 0 Å². The first-order chi connectivity index (χ1) is 9.71. The average Bonchev–Trinajstić information content (AvgIpc) is 2.40. The van der Waals surface area contributed by atoms with Crippen molar-refractivity contribution in [2.45, 2.75) is 26.2 Å². The summed E-state index contributed by atoms with van der Waals surface area (Å²) in [5, 5.41) is 11.2. The Hall–Kier alpha value is -1.60. The highest BCUT2D eigenvalue weighted by molar-refractivity contribution is 9.10. The summed E-state index contributed by atoms with van der Waals surface area (Å²) in [6.07, 6.45) is 0. The quantitative estimate of drug-likeness (QED) is 0.471. The number of halogens is 1. The van der Waals surface area contributed by atoms with Crippen molar-refractivity contribution < 1.29 is 4.92 Å². The molecule has 0 aliphatic rings. The van der Waals surface area contributed by atoms with Gasteiger partial charge < -0.3 is 4.98 Å². The molecule has 0 bridgehead atoms. The van der Waals surface area contributed by atoms with Crippen molar-refractivity contribution in [3.05, 3.63) is 49.2 Å². The summed E-state index contributed by atoms with van der Waals surface area (Å²) < 4.78 is 1.10. The summed E-state index contributed by atoms with van der Waals surface area (Å²) in [4.78, 5) is 18.2. The third kappa shape index (κ3) is 3.19. The molecule has 0 saturated heterocycles. The van der Waals surface area contributed by atoms with Gasteiger partial charge in [-0.25, -0.2) is 4.98 Å². The van der Waals surface area contributed by atoms with Crippen LogP contribution in [0.4, 0.5) is 5.69 Å². The van der Waals surface area contributed by atoms with Gasteiger partial charge in [0.2, 0.25) is 0 Å². The second-order valence-electron chi connectivity index (χ2n) is 5.60. The Morgan fingerprint density at radius 2 is 1.95 bits per heavy atom. The highest BCUT2D eigenvalue weighted by Crippen LogP contribution is 2.32. The zero-order valence-electron chi connectivity index (χ0n) is 11.8. The van der Waals surface area contributed by atoms with Crippen LogP contribution in [0.5, 0.6) is 0 Å². The number of nitrogens with one attached hydrogen (secondary N) is 1. The van der Waals surface area contributed by atoms with E-state index in [0.717, 1.165) is 5.69 Å². The lowest BCUT2D eigenvalue weighted by molar-refractivity contribution is -0.384. The Bertz CT molecular complexity index is 766. The van der Waals surface area contributed by atoms with Crippen LogP contribution >= 0.6 is 28.1 Å². The Morgan fingerprint density at radius 1 is 1.33 bits per heavy atom. The van der Waals surface area contributed by atoms with Gasteiger partial charge in [0.15, 0.2) is 0 Å². The topological polar surface area (TPSA) is 71.8 Å². The number of nitro groups is 1. The summed E-state index contributed by atoms with van der Waals surface area (Å²) in [5.41, 5.74) is 1.08. The largest absolute Gasteiger partial charge is 0.341 e. The van der Waals surface area contributed by atoms with E-state index in [-0.39, 0.29) is 11.1 Å². The van der Waals surface area contributed by atoms with Gasteiger partial charge in [-0.2, -0.15) is 0 Å². The zero-order valence-corrected chi connectivity index (χ0v) is 14.2. The van der Waals surface area contributed by atoms with E-state index in [9.17, 15) is 10.1 Å². The fraction of sp³-hybridized carbons (Fsp3) is 0.286. The molecule has 0 fully saturated rings. The molecule has 110 valence electrons. The normalized spacial score (nSPS) is 11.4. The van der Waals surface area contributed by atoms with E-state index in [1.807, 2.05) is 20.8 Å². The second-order valence-corrected chi connectivity index (χ2v) is 6.78. The lowest BCUT2D eigenvalue weighted by atomic mass is 9.92. The van der Waals surface area contributed by atoms with E-state index in [2.05, 4.69) is 25.9 Å². The molecule has 1 N–H and O–H groups in total. The van der Waals surface area contributed by atoms with E-state index in [1.54, 1.807) is 18.2 Å². The number of nitro benzene ring substituents is 1. The fourth-order valence-corrected chi connectivity index (χ4v) is 2.91. The van der Waals surface area contributed by atoms with Crippen LogP contribution in [0.3, 0.4) is 0 Å². The highest BCUT2D eigenvalue weighted by Gasteiger charge is 2.23. The van der Waals surface area contributed by atoms with E-state index in [4.69, 9.17) is 12.2 Å².